The van der Waals surface area contributed by atoms with Crippen molar-refractivity contribution >= 4 is 47.0 Å². The van der Waals surface area contributed by atoms with Crippen LogP contribution in [0.3, 0.4) is 0 Å². The molecular formula is C44H61N7O9. The smallest absolute Gasteiger partial charge is 0.319 e. The molecule has 3 heterocycles. The largest absolute Gasteiger partial charge is 0.391 e. The Labute approximate surface area is 351 Å². The molecule has 2 aromatic rings. The molecule has 3 saturated heterocycles. The number of aliphatic hydroxyl groups excluding tert-OH is 2. The molecule has 3 aliphatic heterocycles. The predicted octanol–water partition coefficient (Wildman–Crippen LogP) is 1.83. The van der Waals surface area contributed by atoms with E-state index in [1.165, 1.54) is 23.6 Å². The zero-order chi connectivity index (χ0) is 43.8. The van der Waals surface area contributed by atoms with E-state index < -0.39 is 78.1 Å². The van der Waals surface area contributed by atoms with Crippen molar-refractivity contribution in [2.24, 2.45) is 5.92 Å². The maximum Gasteiger partial charge on any atom is 0.319 e. The van der Waals surface area contributed by atoms with Crippen molar-refractivity contribution in [2.75, 3.05) is 25.0 Å². The van der Waals surface area contributed by atoms with Crippen molar-refractivity contribution < 1.29 is 43.8 Å². The second-order valence-electron chi connectivity index (χ2n) is 16.7. The van der Waals surface area contributed by atoms with E-state index in [0.29, 0.717) is 37.9 Å². The van der Waals surface area contributed by atoms with E-state index in [1.807, 2.05) is 51.1 Å². The number of urea groups is 1. The number of carbonyl (C=O) groups is 7. The van der Waals surface area contributed by atoms with Crippen molar-refractivity contribution in [3.05, 3.63) is 65.2 Å². The third-order valence-corrected chi connectivity index (χ3v) is 11.7. The van der Waals surface area contributed by atoms with Gasteiger partial charge in [-0.25, -0.2) is 4.79 Å². The number of hydrogen-bond donors (Lipinski definition) is 6. The average Bonchev–Trinajstić information content (AvgIpc) is 3.81. The van der Waals surface area contributed by atoms with Gasteiger partial charge in [-0.15, -0.1) is 0 Å². The lowest BCUT2D eigenvalue weighted by Crippen LogP contribution is -2.62. The predicted molar refractivity (Wildman–Crippen MR) is 223 cm³/mol. The summed E-state index contributed by atoms with van der Waals surface area (Å²) in [5.74, 6) is -3.09. The second-order valence-corrected chi connectivity index (χ2v) is 16.7. The van der Waals surface area contributed by atoms with E-state index >= 15 is 0 Å². The SMILES string of the molecule is CCc1ccc(NC(=O)N[C@@H](Cc2cccc(C)c2)C(=O)N[C@H](C(=O)N2C[C@H](O)C[C@H]2C(=O)N2CCCC[C@H]2C(=O)N[C@@H](C)C(=O)N2C[C@H](C)C[C@H]2C(C)=O)[C@H](C)O)cc1. The van der Waals surface area contributed by atoms with Crippen LogP contribution in [0.5, 0.6) is 0 Å². The Morgan fingerprint density at radius 3 is 2.17 bits per heavy atom. The highest BCUT2D eigenvalue weighted by molar-refractivity contribution is 5.98. The van der Waals surface area contributed by atoms with Crippen LogP contribution < -0.4 is 21.3 Å². The molecule has 0 aliphatic carbocycles. The first-order valence-corrected chi connectivity index (χ1v) is 21.1. The summed E-state index contributed by atoms with van der Waals surface area (Å²) in [5, 5.41) is 32.5. The molecule has 60 heavy (non-hydrogen) atoms. The number of aryl methyl sites for hydroxylation is 2. The van der Waals surface area contributed by atoms with Crippen LogP contribution in [0, 0.1) is 12.8 Å². The van der Waals surface area contributed by atoms with Gasteiger partial charge in [-0.3, -0.25) is 28.8 Å². The first-order chi connectivity index (χ1) is 28.5. The van der Waals surface area contributed by atoms with E-state index in [-0.39, 0.29) is 43.5 Å². The Morgan fingerprint density at radius 1 is 0.817 bits per heavy atom. The summed E-state index contributed by atoms with van der Waals surface area (Å²) in [6.07, 6.45) is 0.245. The summed E-state index contributed by atoms with van der Waals surface area (Å²) < 4.78 is 0. The molecule has 0 bridgehead atoms. The Hall–Kier alpha value is -5.35. The van der Waals surface area contributed by atoms with Crippen LogP contribution >= 0.6 is 0 Å². The average molecular weight is 832 g/mol. The number of aliphatic hydroxyl groups is 2. The van der Waals surface area contributed by atoms with Crippen LogP contribution in [-0.4, -0.2) is 134 Å². The van der Waals surface area contributed by atoms with Crippen LogP contribution in [0.4, 0.5) is 10.5 Å². The Morgan fingerprint density at radius 2 is 1.52 bits per heavy atom. The van der Waals surface area contributed by atoms with Crippen LogP contribution in [0.1, 0.15) is 83.4 Å². The number of rotatable bonds is 14. The molecule has 0 radical (unpaired) electrons. The van der Waals surface area contributed by atoms with Gasteiger partial charge in [0.2, 0.25) is 29.5 Å². The maximum atomic E-state index is 14.3. The van der Waals surface area contributed by atoms with Crippen molar-refractivity contribution in [1.29, 1.82) is 0 Å². The van der Waals surface area contributed by atoms with Gasteiger partial charge in [0, 0.05) is 38.2 Å². The molecule has 0 saturated carbocycles. The maximum absolute atomic E-state index is 14.3. The first-order valence-electron chi connectivity index (χ1n) is 21.1. The fourth-order valence-electron chi connectivity index (χ4n) is 8.50. The van der Waals surface area contributed by atoms with Crippen molar-refractivity contribution in [2.45, 2.75) is 135 Å². The normalized spacial score (nSPS) is 23.5. The van der Waals surface area contributed by atoms with Gasteiger partial charge < -0.3 is 46.2 Å². The quantitative estimate of drug-likeness (QED) is 0.164. The van der Waals surface area contributed by atoms with Gasteiger partial charge in [0.15, 0.2) is 5.78 Å². The van der Waals surface area contributed by atoms with Crippen LogP contribution in [0.25, 0.3) is 0 Å². The minimum Gasteiger partial charge on any atom is -0.391 e. The van der Waals surface area contributed by atoms with Gasteiger partial charge >= 0.3 is 6.03 Å². The van der Waals surface area contributed by atoms with Gasteiger partial charge in [0.1, 0.15) is 30.2 Å². The fourth-order valence-corrected chi connectivity index (χ4v) is 8.50. The van der Waals surface area contributed by atoms with Gasteiger partial charge in [-0.1, -0.05) is 55.8 Å². The Balaban J connectivity index is 1.30. The zero-order valence-corrected chi connectivity index (χ0v) is 35.5. The topological polar surface area (TPSA) is 218 Å². The molecule has 326 valence electrons. The summed E-state index contributed by atoms with van der Waals surface area (Å²) in [5.41, 5.74) is 3.26. The number of amides is 7. The lowest BCUT2D eigenvalue weighted by molar-refractivity contribution is -0.152. The van der Waals surface area contributed by atoms with Crippen molar-refractivity contribution in [3.8, 4) is 0 Å². The highest BCUT2D eigenvalue weighted by Crippen LogP contribution is 2.27. The van der Waals surface area contributed by atoms with Crippen molar-refractivity contribution in [1.82, 2.24) is 30.7 Å². The zero-order valence-electron chi connectivity index (χ0n) is 35.5. The molecule has 0 aromatic heterocycles. The van der Waals surface area contributed by atoms with E-state index in [9.17, 15) is 43.8 Å². The minimum atomic E-state index is -1.57. The molecule has 3 aliphatic rings. The number of hydrogen-bond acceptors (Lipinski definition) is 9. The van der Waals surface area contributed by atoms with Crippen LogP contribution in [0.2, 0.25) is 0 Å². The van der Waals surface area contributed by atoms with Gasteiger partial charge in [0.25, 0.3) is 0 Å². The number of carbonyl (C=O) groups excluding carboxylic acids is 7. The van der Waals surface area contributed by atoms with E-state index in [0.717, 1.165) is 28.0 Å². The number of Topliss-reactive ketones (excluding diaryl/α,β-unsaturated/α-hetero) is 1. The van der Waals surface area contributed by atoms with Gasteiger partial charge in [0.05, 0.1) is 18.2 Å². The van der Waals surface area contributed by atoms with Gasteiger partial charge in [-0.2, -0.15) is 0 Å². The molecule has 6 N–H and O–H groups in total. The monoisotopic (exact) mass is 831 g/mol. The number of anilines is 1. The molecule has 0 spiro atoms. The molecule has 16 nitrogen and oxygen atoms in total. The van der Waals surface area contributed by atoms with E-state index in [4.69, 9.17) is 0 Å². The standard InChI is InChI=1S/C44H61N7O9/c1-7-30-14-16-32(17-15-30)46-44(60)47-34(21-31-12-10-11-25(2)19-31)39(55)48-38(29(6)53)43(59)51-24-33(54)22-37(51)42(58)49-18-9-8-13-35(49)40(56)45-27(4)41(57)50-23-26(3)20-36(50)28(5)52/h10-12,14-17,19,26-27,29,33-38,53-54H,7-9,13,18,20-24H2,1-6H3,(H,45,56)(H,48,55)(H2,46,47,60)/t26-,27+,29+,33-,34+,35+,36+,37+,38+/m1/s1. The summed E-state index contributed by atoms with van der Waals surface area (Å²) in [7, 11) is 0. The summed E-state index contributed by atoms with van der Waals surface area (Å²) in [4.78, 5) is 99.4. The molecule has 16 heteroatoms. The lowest BCUT2D eigenvalue weighted by atomic mass is 9.98. The van der Waals surface area contributed by atoms with Crippen molar-refractivity contribution in [3.63, 3.8) is 0 Å². The molecule has 0 unspecified atom stereocenters. The lowest BCUT2D eigenvalue weighted by Gasteiger charge is -2.39. The fraction of sp³-hybridized carbons (Fsp3) is 0.568. The van der Waals surface area contributed by atoms with E-state index in [2.05, 4.69) is 21.3 Å². The Bertz CT molecular complexity index is 1910. The van der Waals surface area contributed by atoms with Crippen LogP contribution in [-0.2, 0) is 41.6 Å². The van der Waals surface area contributed by atoms with Gasteiger partial charge in [-0.05, 0) is 89.0 Å². The number of ketones is 1. The molecule has 5 rings (SSSR count). The number of likely N-dealkylation sites (tertiary alicyclic amines) is 3. The molecule has 2 aromatic carbocycles. The minimum absolute atomic E-state index is 0.0526. The van der Waals surface area contributed by atoms with E-state index in [1.54, 1.807) is 25.1 Å². The second kappa shape index (κ2) is 20.3. The Kier molecular flexibility index (Phi) is 15.5. The molecular weight excluding hydrogens is 771 g/mol. The summed E-state index contributed by atoms with van der Waals surface area (Å²) >= 11 is 0. The third kappa shape index (κ3) is 11.3. The highest BCUT2D eigenvalue weighted by atomic mass is 16.3. The molecule has 3 fully saturated rings. The number of piperidine rings is 1. The number of benzene rings is 2. The highest BCUT2D eigenvalue weighted by Gasteiger charge is 2.47. The summed E-state index contributed by atoms with van der Waals surface area (Å²) in [6.45, 7) is 10.5. The molecule has 7 amide bonds. The number of nitrogens with one attached hydrogen (secondary N) is 4. The first kappa shape index (κ1) is 45.7. The molecule has 9 atom stereocenters. The number of β-amino-alcohol motifs (C(OH)–C–C–N with tert-alkyl or cyclic N) is 1. The summed E-state index contributed by atoms with van der Waals surface area (Å²) in [6, 6.07) is 7.52. The number of nitrogens with zero attached hydrogens (tertiary/aromatic N) is 3. The third-order valence-electron chi connectivity index (χ3n) is 11.7. The van der Waals surface area contributed by atoms with Crippen LogP contribution in [0.15, 0.2) is 48.5 Å².